The molecule has 10 nitrogen and oxygen atoms in total. The summed E-state index contributed by atoms with van der Waals surface area (Å²) in [6.45, 7) is 1.89. The Hall–Kier alpha value is -4.05. The molecule has 0 radical (unpaired) electrons. The van der Waals surface area contributed by atoms with E-state index in [0.29, 0.717) is 5.56 Å². The summed E-state index contributed by atoms with van der Waals surface area (Å²) in [6.07, 6.45) is -0.233. The summed E-state index contributed by atoms with van der Waals surface area (Å²) < 4.78 is 9.34. The minimum atomic E-state index is -1.03. The van der Waals surface area contributed by atoms with Gasteiger partial charge in [-0.2, -0.15) is 0 Å². The van der Waals surface area contributed by atoms with Crippen LogP contribution in [-0.4, -0.2) is 49.9 Å². The van der Waals surface area contributed by atoms with Gasteiger partial charge in [0.15, 0.2) is 0 Å². The van der Waals surface area contributed by atoms with Gasteiger partial charge in [-0.15, -0.1) is 0 Å². The Labute approximate surface area is 183 Å². The molecule has 2 N–H and O–H groups in total. The molecule has 0 unspecified atom stereocenters. The predicted octanol–water partition coefficient (Wildman–Crippen LogP) is 1.13. The average Bonchev–Trinajstić information content (AvgIpc) is 3.09. The van der Waals surface area contributed by atoms with E-state index in [4.69, 9.17) is 0 Å². The molecule has 166 valence electrons. The van der Waals surface area contributed by atoms with Crippen molar-refractivity contribution < 1.29 is 33.4 Å². The van der Waals surface area contributed by atoms with E-state index < -0.39 is 35.7 Å². The van der Waals surface area contributed by atoms with Crippen molar-refractivity contribution in [1.82, 2.24) is 10.9 Å². The van der Waals surface area contributed by atoms with Crippen LogP contribution in [0.1, 0.15) is 43.1 Å². The topological polar surface area (TPSA) is 131 Å². The fraction of sp³-hybridized carbons (Fsp3) is 0.227. The van der Waals surface area contributed by atoms with Crippen LogP contribution < -0.4 is 15.8 Å². The molecule has 0 aliphatic carbocycles. The first-order valence-corrected chi connectivity index (χ1v) is 9.56. The second-order valence-electron chi connectivity index (χ2n) is 7.04. The Balaban J connectivity index is 1.80. The molecule has 0 aromatic heterocycles. The Morgan fingerprint density at radius 2 is 1.47 bits per heavy atom. The molecule has 0 spiro atoms. The zero-order chi connectivity index (χ0) is 23.4. The number of benzene rings is 2. The highest BCUT2D eigenvalue weighted by molar-refractivity contribution is 6.23. The van der Waals surface area contributed by atoms with E-state index in [1.807, 2.05) is 6.92 Å². The number of nitrogens with zero attached hydrogens (tertiary/aromatic N) is 1. The van der Waals surface area contributed by atoms with Crippen molar-refractivity contribution >= 4 is 35.3 Å². The minimum Gasteiger partial charge on any atom is -0.465 e. The molecule has 1 atom stereocenters. The molecule has 3 rings (SSSR count). The lowest BCUT2D eigenvalue weighted by molar-refractivity contribution is -0.121. The van der Waals surface area contributed by atoms with E-state index in [1.54, 1.807) is 24.3 Å². The van der Waals surface area contributed by atoms with Crippen LogP contribution in [0.5, 0.6) is 0 Å². The highest BCUT2D eigenvalue weighted by Gasteiger charge is 2.40. The number of anilines is 1. The number of ether oxygens (including phenoxy) is 2. The Bertz CT molecular complexity index is 1060. The van der Waals surface area contributed by atoms with Gasteiger partial charge in [0.1, 0.15) is 6.04 Å². The Kier molecular flexibility index (Phi) is 6.64. The van der Waals surface area contributed by atoms with E-state index in [9.17, 15) is 24.0 Å². The van der Waals surface area contributed by atoms with Crippen LogP contribution in [0.25, 0.3) is 0 Å². The van der Waals surface area contributed by atoms with Crippen molar-refractivity contribution in [3.8, 4) is 0 Å². The molecule has 10 heteroatoms. The smallest absolute Gasteiger partial charge is 0.337 e. The van der Waals surface area contributed by atoms with E-state index in [0.717, 1.165) is 24.7 Å². The predicted molar refractivity (Wildman–Crippen MR) is 112 cm³/mol. The third kappa shape index (κ3) is 4.65. The molecule has 3 amide bonds. The summed E-state index contributed by atoms with van der Waals surface area (Å²) in [5, 5.41) is 0. The molecule has 2 aromatic rings. The van der Waals surface area contributed by atoms with Crippen molar-refractivity contribution in [3.63, 3.8) is 0 Å². The second-order valence-corrected chi connectivity index (χ2v) is 7.04. The van der Waals surface area contributed by atoms with Crippen LogP contribution in [0.15, 0.2) is 42.5 Å². The van der Waals surface area contributed by atoms with Gasteiger partial charge in [0.25, 0.3) is 11.8 Å². The lowest BCUT2D eigenvalue weighted by atomic mass is 10.1. The third-order valence-corrected chi connectivity index (χ3v) is 4.84. The van der Waals surface area contributed by atoms with Crippen LogP contribution in [0, 0.1) is 6.92 Å². The van der Waals surface area contributed by atoms with Crippen LogP contribution in [-0.2, 0) is 19.1 Å². The molecule has 1 aliphatic heterocycles. The number of hydrazine groups is 1. The fourth-order valence-corrected chi connectivity index (χ4v) is 3.16. The first-order valence-electron chi connectivity index (χ1n) is 9.56. The number of nitrogens with one attached hydrogen (secondary N) is 2. The number of amides is 3. The first kappa shape index (κ1) is 22.6. The zero-order valence-corrected chi connectivity index (χ0v) is 17.6. The van der Waals surface area contributed by atoms with Gasteiger partial charge in [-0.3, -0.25) is 19.8 Å². The number of carbonyl (C=O) groups is 5. The molecule has 1 heterocycles. The average molecular weight is 439 g/mol. The monoisotopic (exact) mass is 439 g/mol. The molecule has 1 aliphatic rings. The molecular formula is C22H21N3O7. The van der Waals surface area contributed by atoms with Crippen LogP contribution in [0.4, 0.5) is 5.69 Å². The van der Waals surface area contributed by atoms with Gasteiger partial charge in [-0.25, -0.2) is 19.9 Å². The molecule has 1 saturated heterocycles. The molecule has 32 heavy (non-hydrogen) atoms. The maximum atomic E-state index is 12.9. The lowest BCUT2D eigenvalue weighted by Crippen LogP contribution is -2.48. The number of imide groups is 1. The summed E-state index contributed by atoms with van der Waals surface area (Å²) >= 11 is 0. The van der Waals surface area contributed by atoms with Crippen molar-refractivity contribution in [2.45, 2.75) is 19.4 Å². The summed E-state index contributed by atoms with van der Waals surface area (Å²) in [5.74, 6) is -3.21. The standard InChI is InChI=1S/C22H21N3O7/c1-12-4-6-13(7-5-12)19(27)24-23-17-11-18(26)25(20(17)28)16-9-14(21(29)31-2)8-15(10-16)22(30)32-3/h4-10,17,23H,11H2,1-3H3,(H,24,27)/t17-/m1/s1. The molecule has 0 saturated carbocycles. The molecule has 2 aromatic carbocycles. The quantitative estimate of drug-likeness (QED) is 0.389. The largest absolute Gasteiger partial charge is 0.465 e. The maximum Gasteiger partial charge on any atom is 0.337 e. The highest BCUT2D eigenvalue weighted by Crippen LogP contribution is 2.26. The highest BCUT2D eigenvalue weighted by atomic mass is 16.5. The number of methoxy groups -OCH3 is 2. The molecular weight excluding hydrogens is 418 g/mol. The second kappa shape index (κ2) is 9.40. The number of esters is 2. The van der Waals surface area contributed by atoms with Gasteiger partial charge in [0, 0.05) is 5.56 Å². The Morgan fingerprint density at radius 3 is 2.00 bits per heavy atom. The normalized spacial score (nSPS) is 15.5. The Morgan fingerprint density at radius 1 is 0.906 bits per heavy atom. The van der Waals surface area contributed by atoms with Crippen molar-refractivity contribution in [2.24, 2.45) is 0 Å². The minimum absolute atomic E-state index is 0.0115. The van der Waals surface area contributed by atoms with Gasteiger partial charge in [-0.05, 0) is 37.3 Å². The van der Waals surface area contributed by atoms with Gasteiger partial charge >= 0.3 is 11.9 Å². The number of rotatable bonds is 6. The molecule has 0 bridgehead atoms. The SMILES string of the molecule is COC(=O)c1cc(C(=O)OC)cc(N2C(=O)C[C@@H](NNC(=O)c3ccc(C)cc3)C2=O)c1. The number of carbonyl (C=O) groups excluding carboxylic acids is 5. The summed E-state index contributed by atoms with van der Waals surface area (Å²) in [7, 11) is 2.32. The lowest BCUT2D eigenvalue weighted by Gasteiger charge is -2.17. The van der Waals surface area contributed by atoms with Crippen molar-refractivity contribution in [2.75, 3.05) is 19.1 Å². The maximum absolute atomic E-state index is 12.9. The van der Waals surface area contributed by atoms with Gasteiger partial charge in [0.05, 0.1) is 37.5 Å². The van der Waals surface area contributed by atoms with E-state index >= 15 is 0 Å². The van der Waals surface area contributed by atoms with E-state index in [2.05, 4.69) is 20.3 Å². The fourth-order valence-electron chi connectivity index (χ4n) is 3.16. The third-order valence-electron chi connectivity index (χ3n) is 4.84. The number of aryl methyl sites for hydroxylation is 1. The van der Waals surface area contributed by atoms with Gasteiger partial charge in [0.2, 0.25) is 5.91 Å². The number of hydrogen-bond acceptors (Lipinski definition) is 8. The van der Waals surface area contributed by atoms with Gasteiger partial charge < -0.3 is 9.47 Å². The zero-order valence-electron chi connectivity index (χ0n) is 17.6. The summed E-state index contributed by atoms with van der Waals surface area (Å²) in [4.78, 5) is 62.5. The summed E-state index contributed by atoms with van der Waals surface area (Å²) in [6, 6.07) is 9.55. The van der Waals surface area contributed by atoms with Crippen molar-refractivity contribution in [1.29, 1.82) is 0 Å². The van der Waals surface area contributed by atoms with Crippen LogP contribution in [0.3, 0.4) is 0 Å². The van der Waals surface area contributed by atoms with Crippen LogP contribution >= 0.6 is 0 Å². The van der Waals surface area contributed by atoms with Crippen LogP contribution in [0.2, 0.25) is 0 Å². The van der Waals surface area contributed by atoms with Crippen molar-refractivity contribution in [3.05, 3.63) is 64.7 Å². The van der Waals surface area contributed by atoms with Gasteiger partial charge in [-0.1, -0.05) is 17.7 Å². The first-order chi connectivity index (χ1) is 15.2. The summed E-state index contributed by atoms with van der Waals surface area (Å²) in [5.41, 5.74) is 6.32. The molecule has 1 fully saturated rings. The van der Waals surface area contributed by atoms with E-state index in [1.165, 1.54) is 18.2 Å². The number of hydrogen-bond donors (Lipinski definition) is 2. The van der Waals surface area contributed by atoms with E-state index in [-0.39, 0.29) is 23.2 Å².